The Labute approximate surface area is 192 Å². The zero-order valence-electron chi connectivity index (χ0n) is 19.6. The first-order valence-electron chi connectivity index (χ1n) is 11.7. The fourth-order valence-electron chi connectivity index (χ4n) is 4.66. The molecule has 2 atom stereocenters. The minimum atomic E-state index is 0.283. The number of rotatable bonds is 7. The molecule has 32 heavy (non-hydrogen) atoms. The SMILES string of the molecule is CN=C(NCCc1ccc2c(c1)CCO2)NCc1ccccc1CN1CC(C)OC(C)C1. The molecular formula is C26H36N4O2. The largest absolute Gasteiger partial charge is 0.493 e. The normalized spacial score (nSPS) is 21.2. The Hall–Kier alpha value is -2.57. The molecule has 0 bridgehead atoms. The van der Waals surface area contributed by atoms with E-state index in [2.05, 4.69) is 76.8 Å². The molecule has 1 fully saturated rings. The summed E-state index contributed by atoms with van der Waals surface area (Å²) >= 11 is 0. The first-order chi connectivity index (χ1) is 15.6. The van der Waals surface area contributed by atoms with Crippen LogP contribution in [0.2, 0.25) is 0 Å². The van der Waals surface area contributed by atoms with Gasteiger partial charge in [-0.2, -0.15) is 0 Å². The summed E-state index contributed by atoms with van der Waals surface area (Å²) in [5.74, 6) is 1.87. The third-order valence-corrected chi connectivity index (χ3v) is 6.14. The molecule has 2 aliphatic heterocycles. The van der Waals surface area contributed by atoms with Crippen molar-refractivity contribution in [2.24, 2.45) is 4.99 Å². The van der Waals surface area contributed by atoms with Crippen LogP contribution in [0, 0.1) is 0 Å². The van der Waals surface area contributed by atoms with E-state index < -0.39 is 0 Å². The summed E-state index contributed by atoms with van der Waals surface area (Å²) in [4.78, 5) is 6.90. The molecule has 6 heteroatoms. The number of nitrogens with zero attached hydrogens (tertiary/aromatic N) is 2. The lowest BCUT2D eigenvalue weighted by molar-refractivity contribution is -0.0705. The van der Waals surface area contributed by atoms with Crippen molar-refractivity contribution in [1.82, 2.24) is 15.5 Å². The lowest BCUT2D eigenvalue weighted by Gasteiger charge is -2.35. The number of hydrogen-bond donors (Lipinski definition) is 2. The Balaban J connectivity index is 1.27. The van der Waals surface area contributed by atoms with Gasteiger partial charge in [0.25, 0.3) is 0 Å². The van der Waals surface area contributed by atoms with Gasteiger partial charge in [-0.15, -0.1) is 0 Å². The first-order valence-corrected chi connectivity index (χ1v) is 11.7. The molecule has 2 unspecified atom stereocenters. The van der Waals surface area contributed by atoms with Gasteiger partial charge in [0.15, 0.2) is 5.96 Å². The maximum atomic E-state index is 5.88. The second-order valence-electron chi connectivity index (χ2n) is 8.86. The Bertz CT molecular complexity index is 920. The van der Waals surface area contributed by atoms with Gasteiger partial charge in [0.05, 0.1) is 18.8 Å². The molecule has 0 amide bonds. The molecule has 6 nitrogen and oxygen atoms in total. The van der Waals surface area contributed by atoms with Gasteiger partial charge in [0.2, 0.25) is 0 Å². The highest BCUT2D eigenvalue weighted by Gasteiger charge is 2.22. The van der Waals surface area contributed by atoms with Crippen molar-refractivity contribution in [1.29, 1.82) is 0 Å². The summed E-state index contributed by atoms with van der Waals surface area (Å²) in [6, 6.07) is 15.2. The first kappa shape index (κ1) is 22.6. The van der Waals surface area contributed by atoms with Crippen LogP contribution >= 0.6 is 0 Å². The van der Waals surface area contributed by atoms with Crippen LogP contribution < -0.4 is 15.4 Å². The molecule has 0 spiro atoms. The Morgan fingerprint density at radius 3 is 2.62 bits per heavy atom. The standard InChI is InChI=1S/C26H36N4O2/c1-19-16-30(17-20(2)32-19)18-24-7-5-4-6-23(24)15-29-26(27-3)28-12-10-21-8-9-25-22(14-21)11-13-31-25/h4-9,14,19-20H,10-13,15-18H2,1-3H3,(H2,27,28,29). The highest BCUT2D eigenvalue weighted by molar-refractivity contribution is 5.79. The number of guanidine groups is 1. The minimum absolute atomic E-state index is 0.283. The van der Waals surface area contributed by atoms with Crippen LogP contribution in [0.4, 0.5) is 0 Å². The van der Waals surface area contributed by atoms with Crippen molar-refractivity contribution < 1.29 is 9.47 Å². The van der Waals surface area contributed by atoms with E-state index in [1.54, 1.807) is 0 Å². The summed E-state index contributed by atoms with van der Waals surface area (Å²) in [5, 5.41) is 6.93. The third-order valence-electron chi connectivity index (χ3n) is 6.14. The van der Waals surface area contributed by atoms with E-state index in [0.29, 0.717) is 0 Å². The average molecular weight is 437 g/mol. The minimum Gasteiger partial charge on any atom is -0.493 e. The number of nitrogens with one attached hydrogen (secondary N) is 2. The van der Waals surface area contributed by atoms with Gasteiger partial charge < -0.3 is 20.1 Å². The molecule has 2 aromatic carbocycles. The number of fused-ring (bicyclic) bond motifs is 1. The summed E-state index contributed by atoms with van der Waals surface area (Å²) < 4.78 is 11.5. The van der Waals surface area contributed by atoms with Crippen LogP contribution in [0.5, 0.6) is 5.75 Å². The molecule has 172 valence electrons. The molecule has 2 aliphatic rings. The van der Waals surface area contributed by atoms with Gasteiger partial charge in [0.1, 0.15) is 5.75 Å². The zero-order valence-corrected chi connectivity index (χ0v) is 19.6. The van der Waals surface area contributed by atoms with Gasteiger partial charge in [-0.1, -0.05) is 36.4 Å². The third kappa shape index (κ3) is 6.02. The van der Waals surface area contributed by atoms with Gasteiger partial charge in [-0.3, -0.25) is 9.89 Å². The second-order valence-corrected chi connectivity index (χ2v) is 8.86. The number of aliphatic imine (C=N–C) groups is 1. The fraction of sp³-hybridized carbons (Fsp3) is 0.500. The van der Waals surface area contributed by atoms with Gasteiger partial charge in [-0.25, -0.2) is 0 Å². The van der Waals surface area contributed by atoms with E-state index >= 15 is 0 Å². The maximum Gasteiger partial charge on any atom is 0.191 e. The van der Waals surface area contributed by atoms with E-state index in [9.17, 15) is 0 Å². The molecular weight excluding hydrogens is 400 g/mol. The Kier molecular flexibility index (Phi) is 7.66. The van der Waals surface area contributed by atoms with Crippen molar-refractivity contribution in [3.63, 3.8) is 0 Å². The molecule has 2 N–H and O–H groups in total. The molecule has 0 aromatic heterocycles. The van der Waals surface area contributed by atoms with Crippen molar-refractivity contribution in [3.05, 3.63) is 64.7 Å². The summed E-state index contributed by atoms with van der Waals surface area (Å²) in [7, 11) is 1.82. The maximum absolute atomic E-state index is 5.88. The van der Waals surface area contributed by atoms with Gasteiger partial charge >= 0.3 is 0 Å². The molecule has 0 radical (unpaired) electrons. The summed E-state index contributed by atoms with van der Waals surface area (Å²) in [6.07, 6.45) is 2.54. The van der Waals surface area contributed by atoms with Crippen LogP contribution in [0.3, 0.4) is 0 Å². The van der Waals surface area contributed by atoms with Crippen LogP contribution in [-0.2, 0) is 30.7 Å². The van der Waals surface area contributed by atoms with E-state index in [-0.39, 0.29) is 12.2 Å². The second kappa shape index (κ2) is 10.8. The van der Waals surface area contributed by atoms with Crippen molar-refractivity contribution in [2.45, 2.75) is 52.0 Å². The van der Waals surface area contributed by atoms with E-state index in [1.807, 2.05) is 7.05 Å². The van der Waals surface area contributed by atoms with Crippen LogP contribution in [0.15, 0.2) is 47.5 Å². The quantitative estimate of drug-likeness (QED) is 0.516. The highest BCUT2D eigenvalue weighted by atomic mass is 16.5. The average Bonchev–Trinajstić information content (AvgIpc) is 3.24. The number of hydrogen-bond acceptors (Lipinski definition) is 4. The predicted molar refractivity (Wildman–Crippen MR) is 129 cm³/mol. The van der Waals surface area contributed by atoms with Crippen LogP contribution in [0.1, 0.15) is 36.1 Å². The Morgan fingerprint density at radius 1 is 1.06 bits per heavy atom. The number of morpholine rings is 1. The topological polar surface area (TPSA) is 58.1 Å². The van der Waals surface area contributed by atoms with Gasteiger partial charge in [-0.05, 0) is 48.6 Å². The van der Waals surface area contributed by atoms with Crippen molar-refractivity contribution in [3.8, 4) is 5.75 Å². The molecule has 2 heterocycles. The number of ether oxygens (including phenoxy) is 2. The fourth-order valence-corrected chi connectivity index (χ4v) is 4.66. The zero-order chi connectivity index (χ0) is 22.3. The van der Waals surface area contributed by atoms with E-state index in [1.165, 1.54) is 22.3 Å². The van der Waals surface area contributed by atoms with Crippen molar-refractivity contribution in [2.75, 3.05) is 33.3 Å². The molecule has 0 aliphatic carbocycles. The molecule has 2 aromatic rings. The van der Waals surface area contributed by atoms with Gasteiger partial charge in [0, 0.05) is 46.2 Å². The van der Waals surface area contributed by atoms with E-state index in [0.717, 1.165) is 63.9 Å². The molecule has 0 saturated carbocycles. The monoisotopic (exact) mass is 436 g/mol. The summed E-state index contributed by atoms with van der Waals surface area (Å²) in [6.45, 7) is 9.60. The lowest BCUT2D eigenvalue weighted by atomic mass is 10.1. The predicted octanol–water partition coefficient (Wildman–Crippen LogP) is 3.14. The van der Waals surface area contributed by atoms with Crippen LogP contribution in [0.25, 0.3) is 0 Å². The van der Waals surface area contributed by atoms with Crippen molar-refractivity contribution >= 4 is 5.96 Å². The molecule has 4 rings (SSSR count). The lowest BCUT2D eigenvalue weighted by Crippen LogP contribution is -2.45. The van der Waals surface area contributed by atoms with E-state index in [4.69, 9.17) is 9.47 Å². The van der Waals surface area contributed by atoms with Crippen LogP contribution in [-0.4, -0.2) is 56.4 Å². The summed E-state index contributed by atoms with van der Waals surface area (Å²) in [5.41, 5.74) is 5.32. The Morgan fingerprint density at radius 2 is 1.84 bits per heavy atom. The molecule has 1 saturated heterocycles. The highest BCUT2D eigenvalue weighted by Crippen LogP contribution is 2.25. The number of benzene rings is 2. The smallest absolute Gasteiger partial charge is 0.191 e.